The van der Waals surface area contributed by atoms with E-state index in [2.05, 4.69) is 31.3 Å². The number of aryl methyl sites for hydroxylation is 3. The number of rotatable bonds is 6. The lowest BCUT2D eigenvalue weighted by Gasteiger charge is -2.11. The number of nitrogens with one attached hydrogen (secondary N) is 1. The van der Waals surface area contributed by atoms with Gasteiger partial charge in [-0.15, -0.1) is 0 Å². The maximum Gasteiger partial charge on any atom is 0.224 e. The number of carbonyl (C=O) groups is 1. The average Bonchev–Trinajstić information content (AvgIpc) is 2.46. The fourth-order valence-corrected chi connectivity index (χ4v) is 2.57. The Kier molecular flexibility index (Phi) is 5.80. The molecule has 0 saturated heterocycles. The maximum absolute atomic E-state index is 12.0. The van der Waals surface area contributed by atoms with Crippen molar-refractivity contribution in [2.75, 3.05) is 11.9 Å². The Hall–Kier alpha value is -2.29. The highest BCUT2D eigenvalue weighted by Crippen LogP contribution is 2.20. The molecule has 0 atom stereocenters. The zero-order valence-corrected chi connectivity index (χ0v) is 14.4. The molecule has 2 aromatic rings. The summed E-state index contributed by atoms with van der Waals surface area (Å²) in [5, 5.41) is 2.95. The molecule has 3 nitrogen and oxygen atoms in total. The van der Waals surface area contributed by atoms with Crippen LogP contribution < -0.4 is 10.1 Å². The number of benzene rings is 2. The SMILES string of the molecule is Cc1cc(C)cc(NC(=O)CCCOc2cccc(C)c2C)c1. The van der Waals surface area contributed by atoms with Crippen molar-refractivity contribution in [3.05, 3.63) is 58.7 Å². The average molecular weight is 311 g/mol. The maximum atomic E-state index is 12.0. The molecular formula is C20H25NO2. The molecule has 0 bridgehead atoms. The van der Waals surface area contributed by atoms with Gasteiger partial charge in [0.2, 0.25) is 5.91 Å². The molecule has 0 aliphatic carbocycles. The number of amides is 1. The molecule has 0 radical (unpaired) electrons. The second kappa shape index (κ2) is 7.82. The zero-order chi connectivity index (χ0) is 16.8. The summed E-state index contributed by atoms with van der Waals surface area (Å²) in [5.41, 5.74) is 5.54. The van der Waals surface area contributed by atoms with Gasteiger partial charge < -0.3 is 10.1 Å². The summed E-state index contributed by atoms with van der Waals surface area (Å²) >= 11 is 0. The van der Waals surface area contributed by atoms with Gasteiger partial charge in [0, 0.05) is 12.1 Å². The molecule has 1 amide bonds. The molecule has 2 rings (SSSR count). The van der Waals surface area contributed by atoms with Crippen molar-refractivity contribution in [3.63, 3.8) is 0 Å². The highest BCUT2D eigenvalue weighted by Gasteiger charge is 2.05. The first-order valence-electron chi connectivity index (χ1n) is 8.03. The summed E-state index contributed by atoms with van der Waals surface area (Å²) in [6, 6.07) is 12.1. The van der Waals surface area contributed by atoms with Crippen molar-refractivity contribution in [2.45, 2.75) is 40.5 Å². The largest absolute Gasteiger partial charge is 0.493 e. The van der Waals surface area contributed by atoms with E-state index in [0.29, 0.717) is 19.4 Å². The Morgan fingerprint density at radius 1 is 1.04 bits per heavy atom. The van der Waals surface area contributed by atoms with Crippen LogP contribution in [0.25, 0.3) is 0 Å². The molecule has 0 heterocycles. The smallest absolute Gasteiger partial charge is 0.224 e. The lowest BCUT2D eigenvalue weighted by atomic mass is 10.1. The second-order valence-electron chi connectivity index (χ2n) is 6.07. The molecule has 1 N–H and O–H groups in total. The van der Waals surface area contributed by atoms with E-state index in [1.165, 1.54) is 5.56 Å². The van der Waals surface area contributed by atoms with Gasteiger partial charge in [-0.3, -0.25) is 4.79 Å². The predicted octanol–water partition coefficient (Wildman–Crippen LogP) is 4.72. The van der Waals surface area contributed by atoms with Crippen LogP contribution in [0.4, 0.5) is 5.69 Å². The minimum atomic E-state index is 0.0274. The predicted molar refractivity (Wildman–Crippen MR) is 95.2 cm³/mol. The van der Waals surface area contributed by atoms with Crippen molar-refractivity contribution in [3.8, 4) is 5.75 Å². The van der Waals surface area contributed by atoms with Gasteiger partial charge in [-0.2, -0.15) is 0 Å². The van der Waals surface area contributed by atoms with Gasteiger partial charge in [-0.05, 0) is 74.6 Å². The summed E-state index contributed by atoms with van der Waals surface area (Å²) < 4.78 is 5.78. The van der Waals surface area contributed by atoms with E-state index >= 15 is 0 Å². The fourth-order valence-electron chi connectivity index (χ4n) is 2.57. The quantitative estimate of drug-likeness (QED) is 0.784. The van der Waals surface area contributed by atoms with Crippen molar-refractivity contribution in [1.82, 2.24) is 0 Å². The van der Waals surface area contributed by atoms with E-state index in [1.807, 2.05) is 38.1 Å². The number of ether oxygens (including phenoxy) is 1. The summed E-state index contributed by atoms with van der Waals surface area (Å²) in [4.78, 5) is 12.0. The molecule has 0 saturated carbocycles. The third kappa shape index (κ3) is 5.13. The summed E-state index contributed by atoms with van der Waals surface area (Å²) in [6.45, 7) is 8.73. The molecular weight excluding hydrogens is 286 g/mol. The van der Waals surface area contributed by atoms with Crippen LogP contribution in [-0.2, 0) is 4.79 Å². The van der Waals surface area contributed by atoms with E-state index in [9.17, 15) is 4.79 Å². The minimum Gasteiger partial charge on any atom is -0.493 e. The Morgan fingerprint density at radius 2 is 1.74 bits per heavy atom. The van der Waals surface area contributed by atoms with E-state index in [1.54, 1.807) is 0 Å². The van der Waals surface area contributed by atoms with Crippen molar-refractivity contribution in [2.24, 2.45) is 0 Å². The molecule has 0 unspecified atom stereocenters. The molecule has 3 heteroatoms. The molecule has 23 heavy (non-hydrogen) atoms. The van der Waals surface area contributed by atoms with Gasteiger partial charge in [-0.1, -0.05) is 18.2 Å². The van der Waals surface area contributed by atoms with Crippen molar-refractivity contribution in [1.29, 1.82) is 0 Å². The van der Waals surface area contributed by atoms with Crippen LogP contribution in [0.5, 0.6) is 5.75 Å². The number of anilines is 1. The zero-order valence-electron chi connectivity index (χ0n) is 14.4. The normalized spacial score (nSPS) is 10.4. The van der Waals surface area contributed by atoms with Crippen molar-refractivity contribution >= 4 is 11.6 Å². The van der Waals surface area contributed by atoms with E-state index < -0.39 is 0 Å². The van der Waals surface area contributed by atoms with Crippen LogP contribution in [0.15, 0.2) is 36.4 Å². The molecule has 0 fully saturated rings. The van der Waals surface area contributed by atoms with E-state index in [4.69, 9.17) is 4.74 Å². The van der Waals surface area contributed by atoms with E-state index in [-0.39, 0.29) is 5.91 Å². The van der Waals surface area contributed by atoms with Gasteiger partial charge in [0.1, 0.15) is 5.75 Å². The van der Waals surface area contributed by atoms with Crippen LogP contribution in [0.2, 0.25) is 0 Å². The Labute approximate surface area is 138 Å². The van der Waals surface area contributed by atoms with Crippen LogP contribution in [0, 0.1) is 27.7 Å². The van der Waals surface area contributed by atoms with E-state index in [0.717, 1.165) is 28.1 Å². The molecule has 0 aliphatic rings. The fraction of sp³-hybridized carbons (Fsp3) is 0.350. The lowest BCUT2D eigenvalue weighted by molar-refractivity contribution is -0.116. The lowest BCUT2D eigenvalue weighted by Crippen LogP contribution is -2.13. The summed E-state index contributed by atoms with van der Waals surface area (Å²) in [7, 11) is 0. The summed E-state index contributed by atoms with van der Waals surface area (Å²) in [5.74, 6) is 0.930. The second-order valence-corrected chi connectivity index (χ2v) is 6.07. The molecule has 122 valence electrons. The minimum absolute atomic E-state index is 0.0274. The Morgan fingerprint density at radius 3 is 2.43 bits per heavy atom. The Bertz CT molecular complexity index is 672. The topological polar surface area (TPSA) is 38.3 Å². The van der Waals surface area contributed by atoms with Crippen molar-refractivity contribution < 1.29 is 9.53 Å². The first-order chi connectivity index (χ1) is 11.0. The van der Waals surface area contributed by atoms with Gasteiger partial charge in [0.25, 0.3) is 0 Å². The highest BCUT2D eigenvalue weighted by molar-refractivity contribution is 5.90. The first-order valence-corrected chi connectivity index (χ1v) is 8.03. The van der Waals surface area contributed by atoms with Gasteiger partial charge in [-0.25, -0.2) is 0 Å². The third-order valence-corrected chi connectivity index (χ3v) is 3.87. The van der Waals surface area contributed by atoms with Gasteiger partial charge in [0.05, 0.1) is 6.61 Å². The number of carbonyl (C=O) groups excluding carboxylic acids is 1. The van der Waals surface area contributed by atoms with Gasteiger partial charge >= 0.3 is 0 Å². The Balaban J connectivity index is 1.77. The molecule has 0 aliphatic heterocycles. The standard InChI is InChI=1S/C20H25NO2/c1-14-11-15(2)13-18(12-14)21-20(22)9-6-10-23-19-8-5-7-16(3)17(19)4/h5,7-8,11-13H,6,9-10H2,1-4H3,(H,21,22). The molecule has 0 spiro atoms. The highest BCUT2D eigenvalue weighted by atomic mass is 16.5. The third-order valence-electron chi connectivity index (χ3n) is 3.87. The summed E-state index contributed by atoms with van der Waals surface area (Å²) in [6.07, 6.45) is 1.15. The monoisotopic (exact) mass is 311 g/mol. The molecule has 2 aromatic carbocycles. The first kappa shape index (κ1) is 17.1. The number of hydrogen-bond acceptors (Lipinski definition) is 2. The molecule has 0 aromatic heterocycles. The van der Waals surface area contributed by atoms with Crippen LogP contribution in [0.3, 0.4) is 0 Å². The van der Waals surface area contributed by atoms with Gasteiger partial charge in [0.15, 0.2) is 0 Å². The van der Waals surface area contributed by atoms with Crippen LogP contribution >= 0.6 is 0 Å². The van der Waals surface area contributed by atoms with Crippen LogP contribution in [0.1, 0.15) is 35.1 Å². The number of hydrogen-bond donors (Lipinski definition) is 1. The van der Waals surface area contributed by atoms with Crippen LogP contribution in [-0.4, -0.2) is 12.5 Å².